The van der Waals surface area contributed by atoms with E-state index in [0.29, 0.717) is 24.3 Å². The van der Waals surface area contributed by atoms with Gasteiger partial charge in [-0.25, -0.2) is 0 Å². The van der Waals surface area contributed by atoms with E-state index in [1.165, 1.54) is 0 Å². The average Bonchev–Trinajstić information content (AvgIpc) is 2.75. The summed E-state index contributed by atoms with van der Waals surface area (Å²) in [7, 11) is 0. The zero-order valence-corrected chi connectivity index (χ0v) is 12.2. The van der Waals surface area contributed by atoms with Crippen molar-refractivity contribution in [2.24, 2.45) is 0 Å². The minimum atomic E-state index is -5.44. The van der Waals surface area contributed by atoms with Crippen molar-refractivity contribution in [2.75, 3.05) is 6.54 Å². The summed E-state index contributed by atoms with van der Waals surface area (Å²) in [5.41, 5.74) is 0. The van der Waals surface area contributed by atoms with E-state index < -0.39 is 29.3 Å². The van der Waals surface area contributed by atoms with Gasteiger partial charge in [0.15, 0.2) is 0 Å². The average molecular weight is 335 g/mol. The van der Waals surface area contributed by atoms with Gasteiger partial charge in [-0.15, -0.1) is 10.2 Å². The monoisotopic (exact) mass is 335 g/mol. The molecule has 21 heavy (non-hydrogen) atoms. The third-order valence-electron chi connectivity index (χ3n) is 2.70. The van der Waals surface area contributed by atoms with Gasteiger partial charge in [-0.1, -0.05) is 25.2 Å². The van der Waals surface area contributed by atoms with E-state index in [-0.39, 0.29) is 5.01 Å². The SMILES string of the molecule is CCCNC(CC)c1nnc(C(C(F)(F)F)C(F)(F)F)s1. The van der Waals surface area contributed by atoms with Crippen LogP contribution in [0.3, 0.4) is 0 Å². The smallest absolute Gasteiger partial charge is 0.308 e. The largest absolute Gasteiger partial charge is 0.406 e. The standard InChI is InChI=1S/C11H15F6N3S/c1-3-5-18-6(4-2)8-19-20-9(21-8)7(10(12,13)14)11(15,16)17/h6-7,18H,3-5H2,1-2H3. The van der Waals surface area contributed by atoms with Gasteiger partial charge in [0.05, 0.1) is 6.04 Å². The topological polar surface area (TPSA) is 37.8 Å². The van der Waals surface area contributed by atoms with Gasteiger partial charge < -0.3 is 5.32 Å². The number of rotatable bonds is 6. The normalized spacial score (nSPS) is 14.7. The molecule has 1 unspecified atom stereocenters. The highest BCUT2D eigenvalue weighted by Crippen LogP contribution is 2.47. The van der Waals surface area contributed by atoms with Crippen LogP contribution in [0.4, 0.5) is 26.3 Å². The Morgan fingerprint density at radius 2 is 1.52 bits per heavy atom. The highest BCUT2D eigenvalue weighted by atomic mass is 32.1. The van der Waals surface area contributed by atoms with Crippen molar-refractivity contribution in [1.29, 1.82) is 0 Å². The van der Waals surface area contributed by atoms with Crippen LogP contribution in [-0.4, -0.2) is 29.1 Å². The van der Waals surface area contributed by atoms with Crippen LogP contribution < -0.4 is 5.32 Å². The lowest BCUT2D eigenvalue weighted by atomic mass is 10.1. The van der Waals surface area contributed by atoms with E-state index in [2.05, 4.69) is 15.5 Å². The summed E-state index contributed by atoms with van der Waals surface area (Å²) >= 11 is 0.353. The maximum Gasteiger partial charge on any atom is 0.406 e. The Hall–Kier alpha value is -0.900. The zero-order valence-electron chi connectivity index (χ0n) is 11.3. The lowest BCUT2D eigenvalue weighted by Gasteiger charge is -2.20. The molecule has 1 atom stereocenters. The molecule has 1 heterocycles. The minimum Gasteiger partial charge on any atom is -0.308 e. The second-order valence-corrected chi connectivity index (χ2v) is 5.45. The number of hydrogen-bond acceptors (Lipinski definition) is 4. The first kappa shape index (κ1) is 18.1. The Bertz CT molecular complexity index is 428. The fraction of sp³-hybridized carbons (Fsp3) is 0.818. The lowest BCUT2D eigenvalue weighted by Crippen LogP contribution is -2.34. The summed E-state index contributed by atoms with van der Waals surface area (Å²) in [6, 6.07) is -0.390. The van der Waals surface area contributed by atoms with Crippen molar-refractivity contribution in [3.05, 3.63) is 10.0 Å². The second kappa shape index (κ2) is 6.91. The van der Waals surface area contributed by atoms with Crippen LogP contribution in [-0.2, 0) is 0 Å². The quantitative estimate of drug-likeness (QED) is 0.792. The fourth-order valence-corrected chi connectivity index (χ4v) is 2.85. The van der Waals surface area contributed by atoms with Crippen LogP contribution in [0.1, 0.15) is 48.7 Å². The van der Waals surface area contributed by atoms with Gasteiger partial charge in [0, 0.05) is 0 Å². The zero-order chi connectivity index (χ0) is 16.3. The summed E-state index contributed by atoms with van der Waals surface area (Å²) < 4.78 is 75.6. The molecule has 0 radical (unpaired) electrons. The number of alkyl halides is 6. The molecule has 1 aromatic rings. The molecule has 0 fully saturated rings. The number of aromatic nitrogens is 2. The van der Waals surface area contributed by atoms with E-state index in [4.69, 9.17) is 0 Å². The third-order valence-corrected chi connectivity index (χ3v) is 3.81. The second-order valence-electron chi connectivity index (χ2n) is 4.41. The highest BCUT2D eigenvalue weighted by Gasteiger charge is 2.59. The molecule has 0 bridgehead atoms. The first-order chi connectivity index (χ1) is 9.61. The third kappa shape index (κ3) is 4.80. The van der Waals surface area contributed by atoms with Crippen LogP contribution in [0, 0.1) is 0 Å². The van der Waals surface area contributed by atoms with Crippen molar-refractivity contribution < 1.29 is 26.3 Å². The molecular formula is C11H15F6N3S. The summed E-state index contributed by atoms with van der Waals surface area (Å²) in [5, 5.41) is 8.69. The van der Waals surface area contributed by atoms with Gasteiger partial charge in [-0.3, -0.25) is 0 Å². The molecule has 0 aliphatic heterocycles. The van der Waals surface area contributed by atoms with Gasteiger partial charge >= 0.3 is 12.4 Å². The molecule has 122 valence electrons. The molecule has 1 N–H and O–H groups in total. The van der Waals surface area contributed by atoms with Gasteiger partial charge in [0.25, 0.3) is 0 Å². The number of nitrogens with one attached hydrogen (secondary N) is 1. The predicted molar refractivity (Wildman–Crippen MR) is 66.1 cm³/mol. The molecule has 1 aromatic heterocycles. The van der Waals surface area contributed by atoms with Crippen molar-refractivity contribution in [1.82, 2.24) is 15.5 Å². The Morgan fingerprint density at radius 3 is 1.95 bits per heavy atom. The van der Waals surface area contributed by atoms with Crippen molar-refractivity contribution >= 4 is 11.3 Å². The maximum absolute atomic E-state index is 12.6. The lowest BCUT2D eigenvalue weighted by molar-refractivity contribution is -0.253. The van der Waals surface area contributed by atoms with Crippen molar-refractivity contribution in [2.45, 2.75) is 51.0 Å². The molecule has 1 rings (SSSR count). The van der Waals surface area contributed by atoms with E-state index in [9.17, 15) is 26.3 Å². The van der Waals surface area contributed by atoms with Crippen molar-refractivity contribution in [3.63, 3.8) is 0 Å². The van der Waals surface area contributed by atoms with E-state index >= 15 is 0 Å². The first-order valence-corrected chi connectivity index (χ1v) is 7.13. The van der Waals surface area contributed by atoms with Crippen LogP contribution in [0.5, 0.6) is 0 Å². The van der Waals surface area contributed by atoms with Gasteiger partial charge in [0.1, 0.15) is 10.0 Å². The molecule has 3 nitrogen and oxygen atoms in total. The Balaban J connectivity index is 3.04. The summed E-state index contributed by atoms with van der Waals surface area (Å²) in [6.45, 7) is 4.25. The van der Waals surface area contributed by atoms with Crippen LogP contribution >= 0.6 is 11.3 Å². The minimum absolute atomic E-state index is 0.138. The van der Waals surface area contributed by atoms with E-state index in [1.54, 1.807) is 6.92 Å². The van der Waals surface area contributed by atoms with Crippen LogP contribution in [0.25, 0.3) is 0 Å². The van der Waals surface area contributed by atoms with Crippen LogP contribution in [0.2, 0.25) is 0 Å². The Morgan fingerprint density at radius 1 is 1.00 bits per heavy atom. The Labute approximate surface area is 121 Å². The molecule has 0 aromatic carbocycles. The molecule has 0 saturated carbocycles. The predicted octanol–water partition coefficient (Wildman–Crippen LogP) is 4.20. The molecule has 0 amide bonds. The summed E-state index contributed by atoms with van der Waals surface area (Å²) in [6.07, 6.45) is -9.59. The first-order valence-electron chi connectivity index (χ1n) is 6.31. The van der Waals surface area contributed by atoms with Gasteiger partial charge in [0.2, 0.25) is 5.92 Å². The number of halogens is 6. The Kier molecular flexibility index (Phi) is 5.97. The molecule has 0 aliphatic rings. The fourth-order valence-electron chi connectivity index (χ4n) is 1.69. The maximum atomic E-state index is 12.6. The van der Waals surface area contributed by atoms with E-state index in [1.807, 2.05) is 6.92 Å². The van der Waals surface area contributed by atoms with Crippen LogP contribution in [0.15, 0.2) is 0 Å². The highest BCUT2D eigenvalue weighted by molar-refractivity contribution is 7.11. The molecular weight excluding hydrogens is 320 g/mol. The molecule has 0 aliphatic carbocycles. The molecule has 10 heteroatoms. The van der Waals surface area contributed by atoms with E-state index in [0.717, 1.165) is 6.42 Å². The summed E-state index contributed by atoms with van der Waals surface area (Å²) in [4.78, 5) is 0. The van der Waals surface area contributed by atoms with Crippen molar-refractivity contribution in [3.8, 4) is 0 Å². The number of hydrogen-bond donors (Lipinski definition) is 1. The molecule has 0 spiro atoms. The van der Waals surface area contributed by atoms with Gasteiger partial charge in [-0.05, 0) is 19.4 Å². The number of nitrogens with zero attached hydrogens (tertiary/aromatic N) is 2. The molecule has 0 saturated heterocycles. The summed E-state index contributed by atoms with van der Waals surface area (Å²) in [5.74, 6) is -3.58. The van der Waals surface area contributed by atoms with Gasteiger partial charge in [-0.2, -0.15) is 26.3 Å².